The molecule has 0 radical (unpaired) electrons. The van der Waals surface area contributed by atoms with Crippen molar-refractivity contribution in [2.24, 2.45) is 0 Å². The maximum atomic E-state index is 12.0. The number of aliphatic carboxylic acids is 1. The van der Waals surface area contributed by atoms with Gasteiger partial charge in [0, 0.05) is 36.6 Å². The van der Waals surface area contributed by atoms with Crippen LogP contribution in [0, 0.1) is 0 Å². The lowest BCUT2D eigenvalue weighted by Crippen LogP contribution is -2.49. The molecule has 1 fully saturated rings. The van der Waals surface area contributed by atoms with Gasteiger partial charge in [-0.25, -0.2) is 19.3 Å². The van der Waals surface area contributed by atoms with Gasteiger partial charge in [-0.05, 0) is 11.6 Å². The van der Waals surface area contributed by atoms with Crippen LogP contribution >= 0.6 is 0 Å². The minimum Gasteiger partial charge on any atom is -0.480 e. The molecule has 0 spiro atoms. The summed E-state index contributed by atoms with van der Waals surface area (Å²) in [6.07, 6.45) is 1.86. The molecule has 2 heterocycles. The molecule has 3 rings (SSSR count). The largest absolute Gasteiger partial charge is 0.480 e. The Bertz CT molecular complexity index is 770. The van der Waals surface area contributed by atoms with Crippen LogP contribution in [0.15, 0.2) is 30.5 Å². The number of nitrogens with zero attached hydrogens (tertiary/aromatic N) is 1. The Hall–Kier alpha value is -3.03. The molecule has 8 heteroatoms. The second kappa shape index (κ2) is 5.99. The molecule has 120 valence electrons. The Kier molecular flexibility index (Phi) is 3.88. The molecule has 0 bridgehead atoms. The SMILES string of the molecule is O=C(O)[C@H](Cc1c[nH]c2ccccc12)NC(=O)N1CCNC1=O. The van der Waals surface area contributed by atoms with Crippen LogP contribution in [0.25, 0.3) is 10.9 Å². The highest BCUT2D eigenvalue weighted by atomic mass is 16.4. The first-order valence-corrected chi connectivity index (χ1v) is 7.20. The second-order valence-corrected chi connectivity index (χ2v) is 5.29. The molecule has 1 aromatic heterocycles. The predicted molar refractivity (Wildman–Crippen MR) is 82.1 cm³/mol. The molecule has 1 aliphatic rings. The van der Waals surface area contributed by atoms with Gasteiger partial charge in [0.05, 0.1) is 0 Å². The molecule has 23 heavy (non-hydrogen) atoms. The first-order chi connectivity index (χ1) is 11.1. The molecule has 1 aliphatic heterocycles. The van der Waals surface area contributed by atoms with Gasteiger partial charge in [-0.3, -0.25) is 0 Å². The standard InChI is InChI=1S/C15H16N4O4/c20-13(21)12(18-15(23)19-6-5-16-14(19)22)7-9-8-17-11-4-2-1-3-10(9)11/h1-4,8,12,17H,5-7H2,(H,16,22)(H,18,23)(H,20,21)/t12-/m0/s1. The number of fused-ring (bicyclic) bond motifs is 1. The smallest absolute Gasteiger partial charge is 0.326 e. The second-order valence-electron chi connectivity index (χ2n) is 5.29. The highest BCUT2D eigenvalue weighted by molar-refractivity contribution is 5.96. The summed E-state index contributed by atoms with van der Waals surface area (Å²) in [6, 6.07) is 5.19. The number of hydrogen-bond donors (Lipinski definition) is 4. The predicted octanol–water partition coefficient (Wildman–Crippen LogP) is 0.898. The Morgan fingerprint density at radius 2 is 2.13 bits per heavy atom. The van der Waals surface area contributed by atoms with Gasteiger partial charge in [0.15, 0.2) is 0 Å². The van der Waals surface area contributed by atoms with Crippen LogP contribution in [-0.4, -0.2) is 52.2 Å². The average Bonchev–Trinajstić information content (AvgIpc) is 3.13. The third kappa shape index (κ3) is 2.96. The molecule has 4 amide bonds. The molecule has 1 saturated heterocycles. The van der Waals surface area contributed by atoms with Crippen LogP contribution in [0.2, 0.25) is 0 Å². The maximum absolute atomic E-state index is 12.0. The Morgan fingerprint density at radius 1 is 1.35 bits per heavy atom. The first kappa shape index (κ1) is 14.9. The Balaban J connectivity index is 1.75. The number of hydrogen-bond acceptors (Lipinski definition) is 3. The number of benzene rings is 1. The highest BCUT2D eigenvalue weighted by Crippen LogP contribution is 2.19. The number of aromatic nitrogens is 1. The van der Waals surface area contributed by atoms with Gasteiger partial charge in [-0.2, -0.15) is 0 Å². The minimum absolute atomic E-state index is 0.126. The summed E-state index contributed by atoms with van der Waals surface area (Å²) in [6.45, 7) is 0.594. The van der Waals surface area contributed by atoms with Crippen LogP contribution in [0.4, 0.5) is 9.59 Å². The van der Waals surface area contributed by atoms with Crippen LogP contribution < -0.4 is 10.6 Å². The van der Waals surface area contributed by atoms with Crippen molar-refractivity contribution in [2.45, 2.75) is 12.5 Å². The number of carbonyl (C=O) groups is 3. The average molecular weight is 316 g/mol. The minimum atomic E-state index is -1.15. The number of aromatic amines is 1. The van der Waals surface area contributed by atoms with E-state index in [9.17, 15) is 19.5 Å². The number of urea groups is 2. The third-order valence-electron chi connectivity index (χ3n) is 3.80. The van der Waals surface area contributed by atoms with E-state index in [1.807, 2.05) is 24.3 Å². The maximum Gasteiger partial charge on any atom is 0.326 e. The van der Waals surface area contributed by atoms with Crippen molar-refractivity contribution in [3.8, 4) is 0 Å². The molecule has 0 saturated carbocycles. The van der Waals surface area contributed by atoms with Crippen LogP contribution in [0.5, 0.6) is 0 Å². The lowest BCUT2D eigenvalue weighted by Gasteiger charge is -2.18. The Morgan fingerprint density at radius 3 is 2.83 bits per heavy atom. The van der Waals surface area contributed by atoms with Gasteiger partial charge < -0.3 is 20.7 Å². The Labute approximate surface area is 131 Å². The van der Waals surface area contributed by atoms with Crippen molar-refractivity contribution in [1.82, 2.24) is 20.5 Å². The van der Waals surface area contributed by atoms with E-state index < -0.39 is 24.1 Å². The number of amides is 4. The molecule has 4 N–H and O–H groups in total. The zero-order valence-corrected chi connectivity index (χ0v) is 12.2. The van der Waals surface area contributed by atoms with Crippen LogP contribution in [0.3, 0.4) is 0 Å². The van der Waals surface area contributed by atoms with Gasteiger partial charge in [-0.15, -0.1) is 0 Å². The number of para-hydroxylation sites is 1. The molecule has 1 aromatic carbocycles. The summed E-state index contributed by atoms with van der Waals surface area (Å²) >= 11 is 0. The van der Waals surface area contributed by atoms with E-state index in [0.29, 0.717) is 6.54 Å². The number of carboxylic acid groups (broad SMARTS) is 1. The van der Waals surface area contributed by atoms with Gasteiger partial charge >= 0.3 is 18.0 Å². The first-order valence-electron chi connectivity index (χ1n) is 7.20. The fourth-order valence-electron chi connectivity index (χ4n) is 2.61. The number of H-pyrrole nitrogens is 1. The summed E-state index contributed by atoms with van der Waals surface area (Å²) in [5, 5.41) is 15.2. The molecular weight excluding hydrogens is 300 g/mol. The quantitative estimate of drug-likeness (QED) is 0.671. The van der Waals surface area contributed by atoms with E-state index in [-0.39, 0.29) is 13.0 Å². The zero-order chi connectivity index (χ0) is 16.4. The van der Waals surface area contributed by atoms with Gasteiger partial charge in [0.1, 0.15) is 6.04 Å². The van der Waals surface area contributed by atoms with Gasteiger partial charge in [-0.1, -0.05) is 18.2 Å². The summed E-state index contributed by atoms with van der Waals surface area (Å²) in [7, 11) is 0. The summed E-state index contributed by atoms with van der Waals surface area (Å²) in [5.74, 6) is -1.15. The highest BCUT2D eigenvalue weighted by Gasteiger charge is 2.30. The van der Waals surface area contributed by atoms with E-state index >= 15 is 0 Å². The molecule has 1 atom stereocenters. The normalized spacial score (nSPS) is 15.5. The van der Waals surface area contributed by atoms with Crippen molar-refractivity contribution >= 4 is 28.9 Å². The van der Waals surface area contributed by atoms with Gasteiger partial charge in [0.25, 0.3) is 0 Å². The van der Waals surface area contributed by atoms with E-state index in [4.69, 9.17) is 0 Å². The number of imide groups is 1. The van der Waals surface area contributed by atoms with Crippen LogP contribution in [0.1, 0.15) is 5.56 Å². The molecule has 0 aliphatic carbocycles. The van der Waals surface area contributed by atoms with E-state index in [1.54, 1.807) is 6.20 Å². The van der Waals surface area contributed by atoms with Crippen molar-refractivity contribution in [3.05, 3.63) is 36.0 Å². The summed E-state index contributed by atoms with van der Waals surface area (Å²) in [4.78, 5) is 39.0. The fraction of sp³-hybridized carbons (Fsp3) is 0.267. The molecule has 2 aromatic rings. The summed E-state index contributed by atoms with van der Waals surface area (Å²) < 4.78 is 0. The van der Waals surface area contributed by atoms with E-state index in [2.05, 4.69) is 15.6 Å². The van der Waals surface area contributed by atoms with Crippen LogP contribution in [-0.2, 0) is 11.2 Å². The van der Waals surface area contributed by atoms with Crippen molar-refractivity contribution in [3.63, 3.8) is 0 Å². The van der Waals surface area contributed by atoms with Gasteiger partial charge in [0.2, 0.25) is 0 Å². The number of nitrogens with one attached hydrogen (secondary N) is 3. The lowest BCUT2D eigenvalue weighted by atomic mass is 10.1. The molecular formula is C15H16N4O4. The zero-order valence-electron chi connectivity index (χ0n) is 12.2. The molecule has 8 nitrogen and oxygen atoms in total. The van der Waals surface area contributed by atoms with Crippen molar-refractivity contribution in [1.29, 1.82) is 0 Å². The molecule has 0 unspecified atom stereocenters. The van der Waals surface area contributed by atoms with E-state index in [0.717, 1.165) is 21.4 Å². The summed E-state index contributed by atoms with van der Waals surface area (Å²) in [5.41, 5.74) is 1.69. The van der Waals surface area contributed by atoms with Crippen molar-refractivity contribution < 1.29 is 19.5 Å². The topological polar surface area (TPSA) is 115 Å². The number of rotatable bonds is 4. The van der Waals surface area contributed by atoms with E-state index in [1.165, 1.54) is 0 Å². The number of carbonyl (C=O) groups excluding carboxylic acids is 2. The van der Waals surface area contributed by atoms with Crippen molar-refractivity contribution in [2.75, 3.05) is 13.1 Å². The lowest BCUT2D eigenvalue weighted by molar-refractivity contribution is -0.139. The third-order valence-corrected chi connectivity index (χ3v) is 3.80. The monoisotopic (exact) mass is 316 g/mol. The fourth-order valence-corrected chi connectivity index (χ4v) is 2.61. The number of carboxylic acids is 1.